The molecule has 1 aromatic rings. The Labute approximate surface area is 119 Å². The van der Waals surface area contributed by atoms with Gasteiger partial charge in [-0.15, -0.1) is 11.3 Å². The minimum atomic E-state index is 0.0860. The van der Waals surface area contributed by atoms with Crippen molar-refractivity contribution in [1.82, 2.24) is 5.32 Å². The van der Waals surface area contributed by atoms with E-state index in [0.717, 1.165) is 28.8 Å². The van der Waals surface area contributed by atoms with Crippen LogP contribution in [0.4, 0.5) is 0 Å². The Morgan fingerprint density at radius 2 is 2.47 bits per heavy atom. The predicted molar refractivity (Wildman–Crippen MR) is 79.5 cm³/mol. The smallest absolute Gasteiger partial charge is 0.261 e. The molecular formula is C12H16BrNOS2. The molecule has 17 heavy (non-hydrogen) atoms. The van der Waals surface area contributed by atoms with Crippen LogP contribution >= 0.6 is 39.0 Å². The highest BCUT2D eigenvalue weighted by Crippen LogP contribution is 2.31. The summed E-state index contributed by atoms with van der Waals surface area (Å²) in [6.45, 7) is 2.04. The van der Waals surface area contributed by atoms with E-state index in [-0.39, 0.29) is 11.9 Å². The summed E-state index contributed by atoms with van der Waals surface area (Å²) in [4.78, 5) is 14.3. The summed E-state index contributed by atoms with van der Waals surface area (Å²) in [5.74, 6) is 2.34. The number of alkyl halides is 1. The largest absolute Gasteiger partial charge is 0.349 e. The van der Waals surface area contributed by atoms with Crippen LogP contribution in [0.3, 0.4) is 0 Å². The van der Waals surface area contributed by atoms with Crippen LogP contribution in [0.5, 0.6) is 0 Å². The molecule has 0 saturated carbocycles. The van der Waals surface area contributed by atoms with E-state index in [1.54, 1.807) is 11.3 Å². The van der Waals surface area contributed by atoms with Gasteiger partial charge < -0.3 is 5.32 Å². The molecule has 1 aromatic heterocycles. The Balaban J connectivity index is 2.01. The lowest BCUT2D eigenvalue weighted by molar-refractivity contribution is 0.0943. The first-order valence-electron chi connectivity index (χ1n) is 5.77. The Morgan fingerprint density at radius 1 is 1.65 bits per heavy atom. The number of halogens is 1. The minimum absolute atomic E-state index is 0.0860. The van der Waals surface area contributed by atoms with Crippen LogP contribution in [0.15, 0.2) is 6.07 Å². The number of carbonyl (C=O) groups is 1. The summed E-state index contributed by atoms with van der Waals surface area (Å²) >= 11 is 7.01. The SMILES string of the molecule is CC(CCBr)NC(=O)c1cc2c(s1)CCSC2. The summed E-state index contributed by atoms with van der Waals surface area (Å²) in [5, 5.41) is 3.96. The molecule has 1 amide bonds. The molecule has 94 valence electrons. The highest BCUT2D eigenvalue weighted by atomic mass is 79.9. The third-order valence-corrected chi connectivity index (χ3v) is 5.47. The van der Waals surface area contributed by atoms with Crippen LogP contribution in [0.2, 0.25) is 0 Å². The summed E-state index contributed by atoms with van der Waals surface area (Å²) < 4.78 is 0. The zero-order valence-corrected chi connectivity index (χ0v) is 13.0. The van der Waals surface area contributed by atoms with Crippen molar-refractivity contribution in [1.29, 1.82) is 0 Å². The number of amides is 1. The van der Waals surface area contributed by atoms with Crippen molar-refractivity contribution in [2.75, 3.05) is 11.1 Å². The number of thiophene rings is 1. The average molecular weight is 334 g/mol. The van der Waals surface area contributed by atoms with E-state index < -0.39 is 0 Å². The van der Waals surface area contributed by atoms with Gasteiger partial charge in [-0.25, -0.2) is 0 Å². The normalized spacial score (nSPS) is 16.4. The number of hydrogen-bond donors (Lipinski definition) is 1. The van der Waals surface area contributed by atoms with Gasteiger partial charge in [-0.05, 0) is 37.1 Å². The fraction of sp³-hybridized carbons (Fsp3) is 0.583. The maximum Gasteiger partial charge on any atom is 0.261 e. The molecule has 1 N–H and O–H groups in total. The maximum atomic E-state index is 12.0. The summed E-state index contributed by atoms with van der Waals surface area (Å²) in [6, 6.07) is 2.30. The monoisotopic (exact) mass is 333 g/mol. The molecule has 2 heterocycles. The molecule has 0 aliphatic carbocycles. The lowest BCUT2D eigenvalue weighted by atomic mass is 10.2. The molecule has 1 atom stereocenters. The van der Waals surface area contributed by atoms with Gasteiger partial charge in [0.25, 0.3) is 5.91 Å². The highest BCUT2D eigenvalue weighted by Gasteiger charge is 2.18. The van der Waals surface area contributed by atoms with Gasteiger partial charge in [0, 0.05) is 22.0 Å². The predicted octanol–water partition coefficient (Wildman–Crippen LogP) is 3.44. The number of fused-ring (bicyclic) bond motifs is 1. The topological polar surface area (TPSA) is 29.1 Å². The van der Waals surface area contributed by atoms with E-state index in [1.165, 1.54) is 16.2 Å². The van der Waals surface area contributed by atoms with Crippen LogP contribution in [-0.4, -0.2) is 23.0 Å². The first kappa shape index (κ1) is 13.4. The second-order valence-corrected chi connectivity index (χ2v) is 7.25. The number of thioether (sulfide) groups is 1. The summed E-state index contributed by atoms with van der Waals surface area (Å²) in [6.07, 6.45) is 2.08. The van der Waals surface area contributed by atoms with Gasteiger partial charge in [-0.1, -0.05) is 15.9 Å². The molecule has 0 aromatic carbocycles. The molecule has 2 nitrogen and oxygen atoms in total. The zero-order chi connectivity index (χ0) is 12.3. The minimum Gasteiger partial charge on any atom is -0.349 e. The highest BCUT2D eigenvalue weighted by molar-refractivity contribution is 9.09. The van der Waals surface area contributed by atoms with Crippen molar-refractivity contribution in [2.24, 2.45) is 0 Å². The van der Waals surface area contributed by atoms with Gasteiger partial charge in [0.15, 0.2) is 0 Å². The summed E-state index contributed by atoms with van der Waals surface area (Å²) in [7, 11) is 0. The first-order valence-corrected chi connectivity index (χ1v) is 8.86. The molecule has 1 aliphatic heterocycles. The number of nitrogens with one attached hydrogen (secondary N) is 1. The van der Waals surface area contributed by atoms with Crippen molar-refractivity contribution in [3.8, 4) is 0 Å². The lowest BCUT2D eigenvalue weighted by Crippen LogP contribution is -2.32. The zero-order valence-electron chi connectivity index (χ0n) is 9.79. The molecule has 1 unspecified atom stereocenters. The molecule has 0 fully saturated rings. The van der Waals surface area contributed by atoms with Crippen molar-refractivity contribution in [2.45, 2.75) is 31.6 Å². The maximum absolute atomic E-state index is 12.0. The molecule has 0 spiro atoms. The van der Waals surface area contributed by atoms with Crippen molar-refractivity contribution in [3.05, 3.63) is 21.4 Å². The van der Waals surface area contributed by atoms with Gasteiger partial charge in [-0.2, -0.15) is 11.8 Å². The lowest BCUT2D eigenvalue weighted by Gasteiger charge is -2.10. The van der Waals surface area contributed by atoms with E-state index in [2.05, 4.69) is 27.3 Å². The third kappa shape index (κ3) is 3.48. The van der Waals surface area contributed by atoms with E-state index in [9.17, 15) is 4.79 Å². The van der Waals surface area contributed by atoms with E-state index in [4.69, 9.17) is 0 Å². The van der Waals surface area contributed by atoms with Crippen LogP contribution in [0.1, 0.15) is 33.5 Å². The van der Waals surface area contributed by atoms with Gasteiger partial charge in [-0.3, -0.25) is 4.79 Å². The quantitative estimate of drug-likeness (QED) is 0.855. The number of aryl methyl sites for hydroxylation is 1. The van der Waals surface area contributed by atoms with Crippen molar-refractivity contribution in [3.63, 3.8) is 0 Å². The molecular weight excluding hydrogens is 318 g/mol. The Morgan fingerprint density at radius 3 is 3.18 bits per heavy atom. The second kappa shape index (κ2) is 6.25. The van der Waals surface area contributed by atoms with Gasteiger partial charge >= 0.3 is 0 Å². The Bertz CT molecular complexity index is 382. The van der Waals surface area contributed by atoms with Crippen LogP contribution in [0.25, 0.3) is 0 Å². The first-order chi connectivity index (χ1) is 8.20. The van der Waals surface area contributed by atoms with Gasteiger partial charge in [0.1, 0.15) is 0 Å². The average Bonchev–Trinajstić information content (AvgIpc) is 2.72. The van der Waals surface area contributed by atoms with Gasteiger partial charge in [0.2, 0.25) is 0 Å². The molecule has 5 heteroatoms. The molecule has 0 saturated heterocycles. The number of hydrogen-bond acceptors (Lipinski definition) is 3. The fourth-order valence-corrected chi connectivity index (χ4v) is 4.75. The number of carbonyl (C=O) groups excluding carboxylic acids is 1. The molecule has 1 aliphatic rings. The van der Waals surface area contributed by atoms with Gasteiger partial charge in [0.05, 0.1) is 4.88 Å². The fourth-order valence-electron chi connectivity index (χ4n) is 1.79. The second-order valence-electron chi connectivity index (χ2n) is 4.21. The van der Waals surface area contributed by atoms with Crippen LogP contribution < -0.4 is 5.32 Å². The van der Waals surface area contributed by atoms with Crippen molar-refractivity contribution < 1.29 is 4.79 Å². The van der Waals surface area contributed by atoms with E-state index in [0.29, 0.717) is 0 Å². The van der Waals surface area contributed by atoms with Crippen molar-refractivity contribution >= 4 is 44.9 Å². The molecule has 0 radical (unpaired) electrons. The third-order valence-electron chi connectivity index (χ3n) is 2.77. The van der Waals surface area contributed by atoms with E-state index in [1.807, 2.05) is 18.7 Å². The summed E-state index contributed by atoms with van der Waals surface area (Å²) in [5.41, 5.74) is 1.37. The molecule has 2 rings (SSSR count). The Hall–Kier alpha value is -0.000000000000000111. The number of rotatable bonds is 4. The standard InChI is InChI=1S/C12H16BrNOS2/c1-8(2-4-13)14-12(15)11-6-9-7-16-5-3-10(9)17-11/h6,8H,2-5,7H2,1H3,(H,14,15). The molecule has 0 bridgehead atoms. The van der Waals surface area contributed by atoms with Crippen LogP contribution in [0, 0.1) is 0 Å². The Kier molecular flexibility index (Phi) is 4.94. The van der Waals surface area contributed by atoms with E-state index >= 15 is 0 Å². The van der Waals surface area contributed by atoms with Crippen LogP contribution in [-0.2, 0) is 12.2 Å².